The van der Waals surface area contributed by atoms with Crippen LogP contribution in [0.25, 0.3) is 0 Å². The van der Waals surface area contributed by atoms with Crippen molar-refractivity contribution in [2.45, 2.75) is 12.6 Å². The summed E-state index contributed by atoms with van der Waals surface area (Å²) < 4.78 is 4.70. The van der Waals surface area contributed by atoms with Crippen molar-refractivity contribution in [1.82, 2.24) is 0 Å². The monoisotopic (exact) mass is 225 g/mol. The van der Waals surface area contributed by atoms with Crippen molar-refractivity contribution in [3.05, 3.63) is 46.0 Å². The van der Waals surface area contributed by atoms with Crippen LogP contribution in [0.2, 0.25) is 0 Å². The lowest BCUT2D eigenvalue weighted by Gasteiger charge is -2.07. The topological polar surface area (TPSA) is 89.7 Å². The Morgan fingerprint density at radius 1 is 1.44 bits per heavy atom. The van der Waals surface area contributed by atoms with E-state index < -0.39 is 23.5 Å². The molecule has 1 unspecified atom stereocenters. The fourth-order valence-corrected chi connectivity index (χ4v) is 1.05. The van der Waals surface area contributed by atoms with Crippen LogP contribution in [0.3, 0.4) is 0 Å². The summed E-state index contributed by atoms with van der Waals surface area (Å²) in [5, 5.41) is 18.9. The number of carbonyl (C=O) groups excluding carboxylic acids is 1. The predicted octanol–water partition coefficient (Wildman–Crippen LogP) is 0.367. The molecule has 0 aliphatic carbocycles. The van der Waals surface area contributed by atoms with Gasteiger partial charge in [0.1, 0.15) is 13.2 Å². The fourth-order valence-electron chi connectivity index (χ4n) is 1.05. The normalized spacial score (nSPS) is 11.8. The van der Waals surface area contributed by atoms with E-state index in [4.69, 9.17) is 9.84 Å². The van der Waals surface area contributed by atoms with E-state index in [2.05, 4.69) is 0 Å². The van der Waals surface area contributed by atoms with Gasteiger partial charge < -0.3 is 9.84 Å². The van der Waals surface area contributed by atoms with Gasteiger partial charge in [-0.05, 0) is 5.56 Å². The molecule has 16 heavy (non-hydrogen) atoms. The summed E-state index contributed by atoms with van der Waals surface area (Å²) in [4.78, 5) is 20.6. The smallest absolute Gasteiger partial charge is 0.384 e. The number of rotatable bonds is 5. The zero-order valence-corrected chi connectivity index (χ0v) is 8.41. The highest BCUT2D eigenvalue weighted by molar-refractivity contribution is 5.74. The molecule has 0 spiro atoms. The molecule has 1 atom stereocenters. The molecule has 0 aromatic heterocycles. The molecular formula is C10H11NO5. The molecule has 0 amide bonds. The van der Waals surface area contributed by atoms with Crippen LogP contribution in [-0.4, -0.2) is 28.6 Å². The minimum atomic E-state index is -1.70. The lowest BCUT2D eigenvalue weighted by molar-refractivity contribution is -0.513. The van der Waals surface area contributed by atoms with Crippen LogP contribution in [0.15, 0.2) is 30.3 Å². The number of hydrogen-bond donors (Lipinski definition) is 1. The van der Waals surface area contributed by atoms with E-state index in [-0.39, 0.29) is 6.61 Å². The number of aliphatic hydroxyl groups is 1. The second-order valence-electron chi connectivity index (χ2n) is 3.08. The summed E-state index contributed by atoms with van der Waals surface area (Å²) in [5.74, 6) is -1.03. The van der Waals surface area contributed by atoms with E-state index in [1.807, 2.05) is 0 Å². The highest BCUT2D eigenvalue weighted by atomic mass is 16.6. The third-order valence-electron chi connectivity index (χ3n) is 1.92. The molecule has 0 aliphatic heterocycles. The molecule has 1 rings (SSSR count). The van der Waals surface area contributed by atoms with Crippen LogP contribution in [0.5, 0.6) is 0 Å². The molecule has 1 aromatic rings. The van der Waals surface area contributed by atoms with Crippen LogP contribution in [0, 0.1) is 10.1 Å². The van der Waals surface area contributed by atoms with Gasteiger partial charge in [0.05, 0.1) is 0 Å². The van der Waals surface area contributed by atoms with E-state index in [1.165, 1.54) is 0 Å². The van der Waals surface area contributed by atoms with Gasteiger partial charge in [-0.15, -0.1) is 0 Å². The Morgan fingerprint density at radius 2 is 2.06 bits per heavy atom. The molecule has 6 heteroatoms. The van der Waals surface area contributed by atoms with Crippen LogP contribution in [0.4, 0.5) is 0 Å². The molecule has 0 heterocycles. The van der Waals surface area contributed by atoms with Gasteiger partial charge in [-0.3, -0.25) is 10.1 Å². The first-order valence-electron chi connectivity index (χ1n) is 4.60. The lowest BCUT2D eigenvalue weighted by Crippen LogP contribution is -2.34. The van der Waals surface area contributed by atoms with Gasteiger partial charge in [-0.2, -0.15) is 0 Å². The lowest BCUT2D eigenvalue weighted by atomic mass is 10.2. The third-order valence-corrected chi connectivity index (χ3v) is 1.92. The first-order valence-corrected chi connectivity index (χ1v) is 4.60. The molecule has 6 nitrogen and oxygen atoms in total. The van der Waals surface area contributed by atoms with Gasteiger partial charge in [-0.25, -0.2) is 4.79 Å². The maximum Gasteiger partial charge on any atom is 0.384 e. The number of carbonyl (C=O) groups is 1. The molecule has 0 fully saturated rings. The van der Waals surface area contributed by atoms with Crippen molar-refractivity contribution < 1.29 is 19.6 Å². The SMILES string of the molecule is O=C(OCc1ccccc1)C(CO)[N+](=O)[O-]. The zero-order valence-electron chi connectivity index (χ0n) is 8.41. The molecule has 0 bridgehead atoms. The summed E-state index contributed by atoms with van der Waals surface area (Å²) in [6.45, 7) is -0.898. The Morgan fingerprint density at radius 3 is 2.56 bits per heavy atom. The number of esters is 1. The van der Waals surface area contributed by atoms with Crippen molar-refractivity contribution in [3.63, 3.8) is 0 Å². The number of nitrogens with zero attached hydrogens (tertiary/aromatic N) is 1. The largest absolute Gasteiger partial charge is 0.456 e. The number of hydrogen-bond acceptors (Lipinski definition) is 5. The van der Waals surface area contributed by atoms with E-state index in [0.717, 1.165) is 5.56 Å². The Labute approximate surface area is 91.6 Å². The van der Waals surface area contributed by atoms with Crippen LogP contribution >= 0.6 is 0 Å². The maximum absolute atomic E-state index is 11.2. The Balaban J connectivity index is 2.49. The quantitative estimate of drug-likeness (QED) is 0.444. The molecule has 0 radical (unpaired) electrons. The standard InChI is InChI=1S/C10H11NO5/c12-6-9(11(14)15)10(13)16-7-8-4-2-1-3-5-8/h1-5,9,12H,6-7H2. The highest BCUT2D eigenvalue weighted by Gasteiger charge is 2.30. The average molecular weight is 225 g/mol. The van der Waals surface area contributed by atoms with Gasteiger partial charge >= 0.3 is 12.0 Å². The van der Waals surface area contributed by atoms with E-state index in [9.17, 15) is 14.9 Å². The predicted molar refractivity (Wildman–Crippen MR) is 54.1 cm³/mol. The first kappa shape index (κ1) is 12.1. The minimum absolute atomic E-state index is 0.0377. The number of benzene rings is 1. The number of aliphatic hydroxyl groups excluding tert-OH is 1. The summed E-state index contributed by atoms with van der Waals surface area (Å²) in [6, 6.07) is 7.09. The molecule has 86 valence electrons. The Bertz CT molecular complexity index is 365. The average Bonchev–Trinajstić information content (AvgIpc) is 2.28. The Kier molecular flexibility index (Phi) is 4.41. The van der Waals surface area contributed by atoms with Crippen LogP contribution in [0.1, 0.15) is 5.56 Å². The van der Waals surface area contributed by atoms with Crippen molar-refractivity contribution in [2.24, 2.45) is 0 Å². The van der Waals surface area contributed by atoms with Crippen molar-refractivity contribution in [3.8, 4) is 0 Å². The molecule has 0 saturated heterocycles. The van der Waals surface area contributed by atoms with Gasteiger partial charge in [0.15, 0.2) is 0 Å². The molecule has 0 saturated carbocycles. The van der Waals surface area contributed by atoms with E-state index in [0.29, 0.717) is 0 Å². The van der Waals surface area contributed by atoms with Gasteiger partial charge in [-0.1, -0.05) is 30.3 Å². The van der Waals surface area contributed by atoms with Crippen LogP contribution < -0.4 is 0 Å². The maximum atomic E-state index is 11.2. The van der Waals surface area contributed by atoms with Crippen molar-refractivity contribution in [2.75, 3.05) is 6.61 Å². The second kappa shape index (κ2) is 5.82. The van der Waals surface area contributed by atoms with Crippen molar-refractivity contribution in [1.29, 1.82) is 0 Å². The minimum Gasteiger partial charge on any atom is -0.456 e. The zero-order chi connectivity index (χ0) is 12.0. The molecule has 1 N–H and O–H groups in total. The Hall–Kier alpha value is -1.95. The summed E-state index contributed by atoms with van der Waals surface area (Å²) in [6.07, 6.45) is 0. The third kappa shape index (κ3) is 3.32. The first-order chi connectivity index (χ1) is 7.65. The van der Waals surface area contributed by atoms with Crippen LogP contribution in [-0.2, 0) is 16.1 Å². The second-order valence-corrected chi connectivity index (χ2v) is 3.08. The van der Waals surface area contributed by atoms with Gasteiger partial charge in [0.2, 0.25) is 0 Å². The molecule has 0 aliphatic rings. The van der Waals surface area contributed by atoms with Gasteiger partial charge in [0, 0.05) is 4.92 Å². The van der Waals surface area contributed by atoms with E-state index in [1.54, 1.807) is 30.3 Å². The fraction of sp³-hybridized carbons (Fsp3) is 0.300. The number of ether oxygens (including phenoxy) is 1. The summed E-state index contributed by atoms with van der Waals surface area (Å²) in [5.41, 5.74) is 0.732. The number of nitro groups is 1. The van der Waals surface area contributed by atoms with Gasteiger partial charge in [0.25, 0.3) is 0 Å². The van der Waals surface area contributed by atoms with E-state index >= 15 is 0 Å². The molecular weight excluding hydrogens is 214 g/mol. The summed E-state index contributed by atoms with van der Waals surface area (Å²) in [7, 11) is 0. The summed E-state index contributed by atoms with van der Waals surface area (Å²) >= 11 is 0. The van der Waals surface area contributed by atoms with Crippen molar-refractivity contribution >= 4 is 5.97 Å². The highest BCUT2D eigenvalue weighted by Crippen LogP contribution is 2.02. The molecule has 1 aromatic carbocycles.